The van der Waals surface area contributed by atoms with Crippen LogP contribution < -0.4 is 15.1 Å². The molecule has 5 nitrogen and oxygen atoms in total. The Bertz CT molecular complexity index is 1620. The Morgan fingerprint density at radius 1 is 0.975 bits per heavy atom. The number of aromatic nitrogens is 1. The van der Waals surface area contributed by atoms with Gasteiger partial charge in [0.15, 0.2) is 0 Å². The van der Waals surface area contributed by atoms with Gasteiger partial charge in [0.1, 0.15) is 6.54 Å². The Morgan fingerprint density at radius 2 is 1.73 bits per heavy atom. The van der Waals surface area contributed by atoms with E-state index in [1.54, 1.807) is 4.57 Å². The predicted octanol–water partition coefficient (Wildman–Crippen LogP) is 7.20. The minimum absolute atomic E-state index is 0.0248. The number of nitrogens with one attached hydrogen (secondary N) is 1. The number of carbonyl (C=O) groups excluding carboxylic acids is 1. The van der Waals surface area contributed by atoms with Crippen molar-refractivity contribution in [1.82, 2.24) is 4.57 Å². The Labute approximate surface area is 243 Å². The van der Waals surface area contributed by atoms with E-state index in [1.165, 1.54) is 41.9 Å². The van der Waals surface area contributed by atoms with Crippen LogP contribution in [-0.2, 0) is 11.3 Å². The molecule has 7 rings (SSSR count). The Balaban J connectivity index is 1.21. The molecule has 206 valence electrons. The number of benzene rings is 3. The smallest absolute Gasteiger partial charge is 0.308 e. The van der Waals surface area contributed by atoms with Crippen LogP contribution in [0.2, 0.25) is 0 Å². The summed E-state index contributed by atoms with van der Waals surface area (Å²) in [7, 11) is 0. The third kappa shape index (κ3) is 4.38. The molecule has 0 radical (unpaired) electrons. The second-order valence-corrected chi connectivity index (χ2v) is 13.6. The van der Waals surface area contributed by atoms with Crippen LogP contribution in [0.5, 0.6) is 0 Å². The van der Waals surface area contributed by atoms with Gasteiger partial charge in [-0.25, -0.2) is 0 Å². The minimum atomic E-state index is -0.159. The van der Waals surface area contributed by atoms with Gasteiger partial charge in [-0.15, -0.1) is 11.8 Å². The molecule has 1 aliphatic heterocycles. The molecule has 2 fully saturated rings. The van der Waals surface area contributed by atoms with Crippen molar-refractivity contribution in [2.24, 2.45) is 17.8 Å². The first-order valence-electron chi connectivity index (χ1n) is 14.6. The summed E-state index contributed by atoms with van der Waals surface area (Å²) in [4.78, 5) is 30.2. The topological polar surface area (TPSA) is 54.3 Å². The van der Waals surface area contributed by atoms with Gasteiger partial charge in [0, 0.05) is 40.5 Å². The first-order chi connectivity index (χ1) is 19.5. The highest BCUT2D eigenvalue weighted by Gasteiger charge is 2.55. The van der Waals surface area contributed by atoms with E-state index in [0.717, 1.165) is 45.4 Å². The molecule has 1 amide bonds. The number of nitrogens with zero attached hydrogens (tertiary/aromatic N) is 2. The van der Waals surface area contributed by atoms with Crippen molar-refractivity contribution < 1.29 is 4.79 Å². The first-order valence-corrected chi connectivity index (χ1v) is 16.3. The lowest BCUT2D eigenvalue weighted by Gasteiger charge is -2.40. The lowest BCUT2D eigenvalue weighted by molar-refractivity contribution is -0.116. The standard InChI is InChI=1S/C33H35N3O2S2/c1-3-35(4-2)26-15-12-21(13-16-26)28-29-23-9-10-24(17-23)30(29)39-32-31(28)40-33(38)36(32)19-27(37)34-25-14-11-20-7-5-6-8-22(20)18-25/h5-8,11-16,18,23-24,28-30H,3-4,9-10,17,19H2,1-2H3,(H,34,37)/t23?,24?,28-,29?,30?/m0/s1. The number of hydrogen-bond acceptors (Lipinski definition) is 5. The van der Waals surface area contributed by atoms with Crippen LogP contribution in [0.3, 0.4) is 0 Å². The van der Waals surface area contributed by atoms with Gasteiger partial charge in [-0.2, -0.15) is 0 Å². The molecule has 0 saturated heterocycles. The number of thioether (sulfide) groups is 1. The van der Waals surface area contributed by atoms with E-state index in [-0.39, 0.29) is 23.2 Å². The van der Waals surface area contributed by atoms with Crippen LogP contribution in [-0.4, -0.2) is 28.8 Å². The zero-order valence-corrected chi connectivity index (χ0v) is 24.6. The van der Waals surface area contributed by atoms with E-state index in [2.05, 4.69) is 54.4 Å². The van der Waals surface area contributed by atoms with Gasteiger partial charge in [-0.3, -0.25) is 14.2 Å². The molecule has 5 atom stereocenters. The van der Waals surface area contributed by atoms with E-state index >= 15 is 0 Å². The molecule has 2 bridgehead atoms. The Morgan fingerprint density at radius 3 is 2.50 bits per heavy atom. The van der Waals surface area contributed by atoms with Crippen LogP contribution in [0.15, 0.2) is 76.6 Å². The van der Waals surface area contributed by atoms with Crippen LogP contribution in [0, 0.1) is 17.8 Å². The number of rotatable bonds is 7. The summed E-state index contributed by atoms with van der Waals surface area (Å²) in [6.45, 7) is 6.40. The lowest BCUT2D eigenvalue weighted by Crippen LogP contribution is -2.35. The maximum Gasteiger partial charge on any atom is 0.308 e. The molecule has 3 aromatic carbocycles. The lowest BCUT2D eigenvalue weighted by atomic mass is 9.75. The third-order valence-electron chi connectivity index (χ3n) is 9.41. The summed E-state index contributed by atoms with van der Waals surface area (Å²) in [6, 6.07) is 23.1. The fourth-order valence-electron chi connectivity index (χ4n) is 7.55. The van der Waals surface area contributed by atoms with E-state index in [1.807, 2.05) is 48.2 Å². The highest BCUT2D eigenvalue weighted by Crippen LogP contribution is 2.64. The number of carbonyl (C=O) groups is 1. The number of amides is 1. The summed E-state index contributed by atoms with van der Waals surface area (Å²) in [5, 5.41) is 6.80. The quantitative estimate of drug-likeness (QED) is 0.256. The SMILES string of the molecule is CCN(CC)c1ccc([C@@H]2c3sc(=O)n(CC(=O)Nc4ccc5ccccc5c4)c3SC3C4CCC(C4)C32)cc1. The van der Waals surface area contributed by atoms with Crippen LogP contribution in [0.25, 0.3) is 10.8 Å². The van der Waals surface area contributed by atoms with Crippen molar-refractivity contribution in [2.75, 3.05) is 23.3 Å². The molecular weight excluding hydrogens is 535 g/mol. The molecule has 7 heteroatoms. The number of hydrogen-bond donors (Lipinski definition) is 1. The van der Waals surface area contributed by atoms with Gasteiger partial charge in [-0.05, 0) is 91.5 Å². The fourth-order valence-corrected chi connectivity index (χ4v) is 10.7. The average Bonchev–Trinajstić information content (AvgIpc) is 3.67. The predicted molar refractivity (Wildman–Crippen MR) is 167 cm³/mol. The van der Waals surface area contributed by atoms with Gasteiger partial charge in [0.25, 0.3) is 0 Å². The van der Waals surface area contributed by atoms with Crippen molar-refractivity contribution in [1.29, 1.82) is 0 Å². The maximum atomic E-state index is 13.4. The molecule has 1 N–H and O–H groups in total. The van der Waals surface area contributed by atoms with Crippen molar-refractivity contribution >= 4 is 51.2 Å². The highest BCUT2D eigenvalue weighted by molar-refractivity contribution is 8.00. The highest BCUT2D eigenvalue weighted by atomic mass is 32.2. The monoisotopic (exact) mass is 569 g/mol. The first kappa shape index (κ1) is 25.9. The Kier molecular flexibility index (Phi) is 6.75. The summed E-state index contributed by atoms with van der Waals surface area (Å²) in [6.07, 6.45) is 3.90. The van der Waals surface area contributed by atoms with Crippen LogP contribution in [0.4, 0.5) is 11.4 Å². The summed E-state index contributed by atoms with van der Waals surface area (Å²) < 4.78 is 1.75. The summed E-state index contributed by atoms with van der Waals surface area (Å²) in [5.74, 6) is 2.07. The van der Waals surface area contributed by atoms with Gasteiger partial charge in [0.2, 0.25) is 5.91 Å². The molecule has 40 heavy (non-hydrogen) atoms. The van der Waals surface area contributed by atoms with Gasteiger partial charge in [-0.1, -0.05) is 53.8 Å². The largest absolute Gasteiger partial charge is 0.372 e. The molecule has 4 unspecified atom stereocenters. The second kappa shape index (κ2) is 10.4. The second-order valence-electron chi connectivity index (χ2n) is 11.5. The van der Waals surface area contributed by atoms with E-state index < -0.39 is 0 Å². The molecule has 2 saturated carbocycles. The Hall–Kier alpha value is -3.03. The molecule has 0 spiro atoms. The number of fused-ring (bicyclic) bond motifs is 7. The minimum Gasteiger partial charge on any atom is -0.372 e. The van der Waals surface area contributed by atoms with E-state index in [9.17, 15) is 9.59 Å². The summed E-state index contributed by atoms with van der Waals surface area (Å²) >= 11 is 3.25. The molecular formula is C33H35N3O2S2. The number of anilines is 2. The fraction of sp³-hybridized carbons (Fsp3) is 0.394. The van der Waals surface area contributed by atoms with Crippen molar-refractivity contribution in [2.45, 2.75) is 55.8 Å². The van der Waals surface area contributed by atoms with Crippen LogP contribution >= 0.6 is 23.1 Å². The van der Waals surface area contributed by atoms with Crippen molar-refractivity contribution in [3.05, 3.63) is 86.8 Å². The molecule has 2 aliphatic carbocycles. The maximum absolute atomic E-state index is 13.4. The summed E-state index contributed by atoms with van der Waals surface area (Å²) in [5.41, 5.74) is 3.32. The number of thiazole rings is 1. The van der Waals surface area contributed by atoms with Gasteiger partial charge >= 0.3 is 4.87 Å². The van der Waals surface area contributed by atoms with E-state index in [4.69, 9.17) is 0 Å². The molecule has 1 aromatic heterocycles. The van der Waals surface area contributed by atoms with E-state index in [0.29, 0.717) is 17.1 Å². The zero-order chi connectivity index (χ0) is 27.4. The average molecular weight is 570 g/mol. The normalized spacial score (nSPS) is 24.6. The van der Waals surface area contributed by atoms with Crippen LogP contribution in [0.1, 0.15) is 49.5 Å². The zero-order valence-electron chi connectivity index (χ0n) is 23.0. The molecule has 4 aromatic rings. The van der Waals surface area contributed by atoms with Crippen molar-refractivity contribution in [3.8, 4) is 0 Å². The van der Waals surface area contributed by atoms with Crippen molar-refractivity contribution in [3.63, 3.8) is 0 Å². The van der Waals surface area contributed by atoms with Gasteiger partial charge in [0.05, 0.1) is 5.03 Å². The molecule has 2 heterocycles. The third-order valence-corrected chi connectivity index (χ3v) is 12.2. The van der Waals surface area contributed by atoms with Gasteiger partial charge < -0.3 is 10.2 Å². The molecule has 3 aliphatic rings.